The van der Waals surface area contributed by atoms with Gasteiger partial charge in [-0.1, -0.05) is 6.07 Å². The van der Waals surface area contributed by atoms with Crippen molar-refractivity contribution in [3.05, 3.63) is 28.8 Å². The maximum atomic E-state index is 11.9. The Morgan fingerprint density at radius 2 is 1.88 bits per heavy atom. The summed E-state index contributed by atoms with van der Waals surface area (Å²) in [5, 5.41) is 0. The molecule has 92 valence electrons. The minimum absolute atomic E-state index is 0.178. The second-order valence-corrected chi connectivity index (χ2v) is 3.63. The van der Waals surface area contributed by atoms with Gasteiger partial charge in [-0.15, -0.1) is 0 Å². The Labute approximate surface area is 101 Å². The quantitative estimate of drug-likeness (QED) is 0.456. The summed E-state index contributed by atoms with van der Waals surface area (Å²) in [7, 11) is 1.46. The molecule has 0 unspecified atom stereocenters. The zero-order valence-electron chi connectivity index (χ0n) is 10.5. The van der Waals surface area contributed by atoms with Crippen LogP contribution in [0.5, 0.6) is 5.75 Å². The van der Waals surface area contributed by atoms with Crippen LogP contribution in [0.1, 0.15) is 28.4 Å². The second kappa shape index (κ2) is 5.48. The number of hydrogen-bond donors (Lipinski definition) is 0. The van der Waals surface area contributed by atoms with Crippen LogP contribution in [-0.2, 0) is 9.53 Å². The molecule has 0 heterocycles. The molecule has 0 aliphatic heterocycles. The molecular formula is C13H16O4. The lowest BCUT2D eigenvalue weighted by Gasteiger charge is -2.12. The first-order chi connectivity index (χ1) is 8.02. The van der Waals surface area contributed by atoms with Crippen molar-refractivity contribution in [2.24, 2.45) is 0 Å². The summed E-state index contributed by atoms with van der Waals surface area (Å²) in [6.45, 7) is 5.49. The van der Waals surface area contributed by atoms with E-state index in [2.05, 4.69) is 0 Å². The first-order valence-corrected chi connectivity index (χ1v) is 5.38. The van der Waals surface area contributed by atoms with Crippen molar-refractivity contribution in [2.75, 3.05) is 13.7 Å². The highest BCUT2D eigenvalue weighted by Gasteiger charge is 2.24. The number of benzene rings is 1. The number of rotatable bonds is 4. The lowest BCUT2D eigenvalue weighted by Crippen LogP contribution is -2.19. The van der Waals surface area contributed by atoms with Crippen LogP contribution in [0, 0.1) is 13.8 Å². The Kier molecular flexibility index (Phi) is 4.26. The molecule has 0 fully saturated rings. The molecule has 1 rings (SSSR count). The van der Waals surface area contributed by atoms with Crippen molar-refractivity contribution in [3.63, 3.8) is 0 Å². The van der Waals surface area contributed by atoms with E-state index in [0.717, 1.165) is 11.1 Å². The fourth-order valence-electron chi connectivity index (χ4n) is 1.54. The lowest BCUT2D eigenvalue weighted by molar-refractivity contribution is -0.137. The van der Waals surface area contributed by atoms with E-state index >= 15 is 0 Å². The topological polar surface area (TPSA) is 52.6 Å². The SMILES string of the molecule is CCOC(=O)C(=O)c1c(OC)ccc(C)c1C. The first kappa shape index (κ1) is 13.2. The van der Waals surface area contributed by atoms with Gasteiger partial charge >= 0.3 is 5.97 Å². The third-order valence-corrected chi connectivity index (χ3v) is 2.61. The fraction of sp³-hybridized carbons (Fsp3) is 0.385. The van der Waals surface area contributed by atoms with E-state index in [0.29, 0.717) is 5.75 Å². The van der Waals surface area contributed by atoms with Gasteiger partial charge in [0.05, 0.1) is 19.3 Å². The Hall–Kier alpha value is -1.84. The van der Waals surface area contributed by atoms with Gasteiger partial charge in [-0.25, -0.2) is 4.79 Å². The number of aryl methyl sites for hydroxylation is 1. The van der Waals surface area contributed by atoms with Gasteiger partial charge in [0, 0.05) is 0 Å². The van der Waals surface area contributed by atoms with Gasteiger partial charge in [0.2, 0.25) is 0 Å². The molecule has 0 N–H and O–H groups in total. The summed E-state index contributed by atoms with van der Waals surface area (Å²) in [5.74, 6) is -1.12. The van der Waals surface area contributed by atoms with Crippen LogP contribution in [0.3, 0.4) is 0 Å². The summed E-state index contributed by atoms with van der Waals surface area (Å²) in [6, 6.07) is 3.52. The van der Waals surface area contributed by atoms with Crippen LogP contribution in [0.25, 0.3) is 0 Å². The molecule has 0 bridgehead atoms. The highest BCUT2D eigenvalue weighted by atomic mass is 16.5. The number of ketones is 1. The average molecular weight is 236 g/mol. The molecule has 0 spiro atoms. The molecule has 4 heteroatoms. The number of Topliss-reactive ketones (excluding diaryl/α,β-unsaturated/α-hetero) is 1. The minimum atomic E-state index is -0.848. The highest BCUT2D eigenvalue weighted by molar-refractivity contribution is 6.41. The van der Waals surface area contributed by atoms with Gasteiger partial charge in [0.1, 0.15) is 5.75 Å². The molecule has 0 saturated carbocycles. The largest absolute Gasteiger partial charge is 0.496 e. The number of carbonyl (C=O) groups excluding carboxylic acids is 2. The molecule has 0 amide bonds. The van der Waals surface area contributed by atoms with E-state index < -0.39 is 11.8 Å². The molecule has 1 aromatic rings. The summed E-state index contributed by atoms with van der Waals surface area (Å²) in [5.41, 5.74) is 1.95. The predicted octanol–water partition coefficient (Wildman–Crippen LogP) is 2.06. The summed E-state index contributed by atoms with van der Waals surface area (Å²) in [4.78, 5) is 23.4. The van der Waals surface area contributed by atoms with E-state index in [1.54, 1.807) is 19.9 Å². The van der Waals surface area contributed by atoms with Crippen molar-refractivity contribution in [1.82, 2.24) is 0 Å². The number of carbonyl (C=O) groups is 2. The second-order valence-electron chi connectivity index (χ2n) is 3.63. The molecule has 0 saturated heterocycles. The number of esters is 1. The van der Waals surface area contributed by atoms with E-state index in [-0.39, 0.29) is 12.2 Å². The molecule has 0 aliphatic rings. The van der Waals surface area contributed by atoms with E-state index in [9.17, 15) is 9.59 Å². The Morgan fingerprint density at radius 1 is 1.24 bits per heavy atom. The van der Waals surface area contributed by atoms with Crippen LogP contribution in [-0.4, -0.2) is 25.5 Å². The molecule has 0 radical (unpaired) electrons. The van der Waals surface area contributed by atoms with Crippen molar-refractivity contribution in [2.45, 2.75) is 20.8 Å². The van der Waals surface area contributed by atoms with Crippen LogP contribution < -0.4 is 4.74 Å². The van der Waals surface area contributed by atoms with Crippen LogP contribution >= 0.6 is 0 Å². The van der Waals surface area contributed by atoms with Gasteiger partial charge < -0.3 is 9.47 Å². The normalized spacial score (nSPS) is 9.88. The van der Waals surface area contributed by atoms with Gasteiger partial charge in [-0.05, 0) is 38.0 Å². The van der Waals surface area contributed by atoms with Crippen LogP contribution in [0.2, 0.25) is 0 Å². The van der Waals surface area contributed by atoms with E-state index in [4.69, 9.17) is 9.47 Å². The van der Waals surface area contributed by atoms with E-state index in [1.165, 1.54) is 7.11 Å². The number of methoxy groups -OCH3 is 1. The third-order valence-electron chi connectivity index (χ3n) is 2.61. The monoisotopic (exact) mass is 236 g/mol. The molecule has 1 aromatic carbocycles. The molecule has 0 atom stereocenters. The lowest BCUT2D eigenvalue weighted by atomic mass is 9.99. The standard InChI is InChI=1S/C13H16O4/c1-5-17-13(15)12(14)11-9(3)8(2)6-7-10(11)16-4/h6-7H,5H2,1-4H3. The zero-order valence-corrected chi connectivity index (χ0v) is 10.5. The van der Waals surface area contributed by atoms with Gasteiger partial charge in [-0.3, -0.25) is 4.79 Å². The maximum Gasteiger partial charge on any atom is 0.379 e. The maximum absolute atomic E-state index is 11.9. The molecule has 4 nitrogen and oxygen atoms in total. The average Bonchev–Trinajstić information content (AvgIpc) is 2.32. The van der Waals surface area contributed by atoms with Crippen LogP contribution in [0.4, 0.5) is 0 Å². The molecule has 0 aromatic heterocycles. The van der Waals surface area contributed by atoms with E-state index in [1.807, 2.05) is 13.0 Å². The fourth-order valence-corrected chi connectivity index (χ4v) is 1.54. The Morgan fingerprint density at radius 3 is 2.41 bits per heavy atom. The minimum Gasteiger partial charge on any atom is -0.496 e. The molecular weight excluding hydrogens is 220 g/mol. The molecule has 0 aliphatic carbocycles. The summed E-state index contributed by atoms with van der Waals surface area (Å²) < 4.78 is 9.81. The third kappa shape index (κ3) is 2.64. The first-order valence-electron chi connectivity index (χ1n) is 5.38. The smallest absolute Gasteiger partial charge is 0.379 e. The Bertz CT molecular complexity index is 449. The van der Waals surface area contributed by atoms with Crippen molar-refractivity contribution < 1.29 is 19.1 Å². The van der Waals surface area contributed by atoms with Crippen molar-refractivity contribution >= 4 is 11.8 Å². The molecule has 17 heavy (non-hydrogen) atoms. The van der Waals surface area contributed by atoms with Gasteiger partial charge in [0.25, 0.3) is 5.78 Å². The van der Waals surface area contributed by atoms with Crippen molar-refractivity contribution in [1.29, 1.82) is 0 Å². The zero-order chi connectivity index (χ0) is 13.0. The summed E-state index contributed by atoms with van der Waals surface area (Å²) >= 11 is 0. The van der Waals surface area contributed by atoms with Crippen LogP contribution in [0.15, 0.2) is 12.1 Å². The highest BCUT2D eigenvalue weighted by Crippen LogP contribution is 2.25. The van der Waals surface area contributed by atoms with Gasteiger partial charge in [-0.2, -0.15) is 0 Å². The predicted molar refractivity (Wildman–Crippen MR) is 63.4 cm³/mol. The van der Waals surface area contributed by atoms with Crippen molar-refractivity contribution in [3.8, 4) is 5.75 Å². The number of hydrogen-bond acceptors (Lipinski definition) is 4. The Balaban J connectivity index is 3.24. The summed E-state index contributed by atoms with van der Waals surface area (Å²) in [6.07, 6.45) is 0. The van der Waals surface area contributed by atoms with Gasteiger partial charge in [0.15, 0.2) is 0 Å². The number of ether oxygens (including phenoxy) is 2.